The fourth-order valence-corrected chi connectivity index (χ4v) is 7.15. The number of aliphatic hydroxyl groups is 2. The first kappa shape index (κ1) is 15.8. The number of hydrogen-bond donors (Lipinski definition) is 2. The minimum Gasteiger partial charge on any atom is -0.393 e. The second-order valence-corrected chi connectivity index (χ2v) is 8.88. The lowest BCUT2D eigenvalue weighted by Crippen LogP contribution is -2.59. The number of fused-ring (bicyclic) bond motifs is 5. The molecule has 23 heavy (non-hydrogen) atoms. The molecule has 2 N–H and O–H groups in total. The molecule has 0 heterocycles. The van der Waals surface area contributed by atoms with E-state index in [4.69, 9.17) is 0 Å². The largest absolute Gasteiger partial charge is 0.393 e. The summed E-state index contributed by atoms with van der Waals surface area (Å²) in [6, 6.07) is 0. The Morgan fingerprint density at radius 1 is 1.22 bits per heavy atom. The summed E-state index contributed by atoms with van der Waals surface area (Å²) in [4.78, 5) is 11.8. The van der Waals surface area contributed by atoms with Crippen molar-refractivity contribution in [3.05, 3.63) is 11.6 Å². The highest BCUT2D eigenvalue weighted by Crippen LogP contribution is 2.65. The summed E-state index contributed by atoms with van der Waals surface area (Å²) in [7, 11) is 0. The van der Waals surface area contributed by atoms with Crippen LogP contribution < -0.4 is 0 Å². The van der Waals surface area contributed by atoms with Crippen molar-refractivity contribution in [2.45, 2.75) is 76.9 Å². The van der Waals surface area contributed by atoms with Gasteiger partial charge in [-0.1, -0.05) is 12.5 Å². The minimum absolute atomic E-state index is 0.0869. The third-order valence-corrected chi connectivity index (χ3v) is 7.92. The average molecular weight is 318 g/mol. The molecular formula is C20H30O3. The van der Waals surface area contributed by atoms with Crippen molar-refractivity contribution in [3.8, 4) is 0 Å². The molecule has 4 aliphatic carbocycles. The second kappa shape index (κ2) is 5.16. The van der Waals surface area contributed by atoms with Crippen molar-refractivity contribution in [2.24, 2.45) is 29.1 Å². The summed E-state index contributed by atoms with van der Waals surface area (Å²) < 4.78 is 0. The van der Waals surface area contributed by atoms with Gasteiger partial charge in [0.2, 0.25) is 0 Å². The predicted molar refractivity (Wildman–Crippen MR) is 88.7 cm³/mol. The van der Waals surface area contributed by atoms with Crippen LogP contribution >= 0.6 is 0 Å². The fraction of sp³-hybridized carbons (Fsp3) is 0.850. The summed E-state index contributed by atoms with van der Waals surface area (Å²) in [5, 5.41) is 22.1. The number of aliphatic hydroxyl groups excluding tert-OH is 1. The molecule has 3 heteroatoms. The van der Waals surface area contributed by atoms with Crippen molar-refractivity contribution in [1.29, 1.82) is 0 Å². The van der Waals surface area contributed by atoms with Crippen molar-refractivity contribution in [3.63, 3.8) is 0 Å². The molecular weight excluding hydrogens is 288 g/mol. The van der Waals surface area contributed by atoms with Crippen molar-refractivity contribution >= 4 is 5.78 Å². The molecule has 0 radical (unpaired) electrons. The Morgan fingerprint density at radius 2 is 2.00 bits per heavy atom. The molecule has 5 unspecified atom stereocenters. The number of carbonyl (C=O) groups is 1. The maximum absolute atomic E-state index is 11.8. The van der Waals surface area contributed by atoms with E-state index in [1.54, 1.807) is 0 Å². The molecule has 0 saturated heterocycles. The zero-order chi connectivity index (χ0) is 16.4. The summed E-state index contributed by atoms with van der Waals surface area (Å²) >= 11 is 0. The van der Waals surface area contributed by atoms with E-state index in [2.05, 4.69) is 6.92 Å². The van der Waals surface area contributed by atoms with Gasteiger partial charge in [-0.3, -0.25) is 4.79 Å². The van der Waals surface area contributed by atoms with Crippen LogP contribution in [0.4, 0.5) is 0 Å². The molecule has 0 aromatic carbocycles. The van der Waals surface area contributed by atoms with Crippen LogP contribution in [0.3, 0.4) is 0 Å². The highest BCUT2D eigenvalue weighted by molar-refractivity contribution is 5.91. The molecule has 3 saturated carbocycles. The minimum atomic E-state index is -0.729. The molecule has 0 aliphatic heterocycles. The van der Waals surface area contributed by atoms with E-state index in [1.165, 1.54) is 5.57 Å². The van der Waals surface area contributed by atoms with Crippen molar-refractivity contribution < 1.29 is 15.0 Å². The van der Waals surface area contributed by atoms with E-state index in [0.717, 1.165) is 44.9 Å². The van der Waals surface area contributed by atoms with Gasteiger partial charge in [0.15, 0.2) is 5.78 Å². The summed E-state index contributed by atoms with van der Waals surface area (Å²) in [6.45, 7) is 4.19. The van der Waals surface area contributed by atoms with Gasteiger partial charge in [-0.25, -0.2) is 0 Å². The quantitative estimate of drug-likeness (QED) is 0.780. The number of allylic oxidation sites excluding steroid dienone is 1. The molecule has 0 aromatic rings. The lowest BCUT2D eigenvalue weighted by atomic mass is 9.47. The maximum Gasteiger partial charge on any atom is 0.155 e. The average Bonchev–Trinajstić information content (AvgIpc) is 2.83. The molecule has 128 valence electrons. The summed E-state index contributed by atoms with van der Waals surface area (Å²) in [5.41, 5.74) is 0.481. The summed E-state index contributed by atoms with van der Waals surface area (Å²) in [6.07, 6.45) is 8.96. The SMILES string of the molecule is CC[C@]12CC(C)(O)C3C4CCC(=O)C=C4CCC3C1CC[C@@H]2O. The van der Waals surface area contributed by atoms with Crippen LogP contribution in [-0.2, 0) is 4.79 Å². The molecule has 3 nitrogen and oxygen atoms in total. The molecule has 0 bridgehead atoms. The first-order valence-corrected chi connectivity index (χ1v) is 9.53. The Balaban J connectivity index is 1.75. The Labute approximate surface area is 139 Å². The monoisotopic (exact) mass is 318 g/mol. The second-order valence-electron chi connectivity index (χ2n) is 8.88. The Morgan fingerprint density at radius 3 is 2.74 bits per heavy atom. The van der Waals surface area contributed by atoms with E-state index in [1.807, 2.05) is 13.0 Å². The Bertz CT molecular complexity index is 549. The van der Waals surface area contributed by atoms with Crippen LogP contribution in [0.15, 0.2) is 11.6 Å². The lowest BCUT2D eigenvalue weighted by molar-refractivity contribution is -0.178. The third-order valence-electron chi connectivity index (χ3n) is 7.92. The molecule has 4 aliphatic rings. The van der Waals surface area contributed by atoms with E-state index in [9.17, 15) is 15.0 Å². The van der Waals surface area contributed by atoms with Crippen LogP contribution in [0.1, 0.15) is 65.2 Å². The standard InChI is InChI=1S/C20H30O3/c1-3-20-11-19(2,23)18-14-7-5-13(21)10-12(14)4-6-15(18)16(20)8-9-17(20)22/h10,14-18,22-23H,3-9,11H2,1-2H3/t14?,15?,16?,17-,18?,19?,20-/m0/s1. The van der Waals surface area contributed by atoms with Crippen LogP contribution in [0.2, 0.25) is 0 Å². The predicted octanol–water partition coefficient (Wildman–Crippen LogP) is 3.24. The van der Waals surface area contributed by atoms with Crippen LogP contribution in [0, 0.1) is 29.1 Å². The van der Waals surface area contributed by atoms with Gasteiger partial charge < -0.3 is 10.2 Å². The number of hydrogen-bond acceptors (Lipinski definition) is 3. The van der Waals surface area contributed by atoms with Crippen LogP contribution in [0.5, 0.6) is 0 Å². The van der Waals surface area contributed by atoms with Gasteiger partial charge in [0.25, 0.3) is 0 Å². The fourth-order valence-electron chi connectivity index (χ4n) is 7.15. The molecule has 0 aromatic heterocycles. The number of ketones is 1. The highest BCUT2D eigenvalue weighted by atomic mass is 16.3. The highest BCUT2D eigenvalue weighted by Gasteiger charge is 2.63. The smallest absolute Gasteiger partial charge is 0.155 e. The lowest BCUT2D eigenvalue weighted by Gasteiger charge is -2.60. The molecule has 0 spiro atoms. The number of rotatable bonds is 1. The van der Waals surface area contributed by atoms with Crippen molar-refractivity contribution in [1.82, 2.24) is 0 Å². The topological polar surface area (TPSA) is 57.5 Å². The molecule has 4 rings (SSSR count). The Kier molecular flexibility index (Phi) is 3.55. The van der Waals surface area contributed by atoms with E-state index >= 15 is 0 Å². The van der Waals surface area contributed by atoms with Gasteiger partial charge in [0.05, 0.1) is 11.7 Å². The maximum atomic E-state index is 11.8. The van der Waals surface area contributed by atoms with Gasteiger partial charge in [-0.05, 0) is 81.6 Å². The molecule has 3 fully saturated rings. The van der Waals surface area contributed by atoms with Gasteiger partial charge in [0, 0.05) is 11.8 Å². The first-order valence-electron chi connectivity index (χ1n) is 9.53. The van der Waals surface area contributed by atoms with E-state index in [0.29, 0.717) is 24.2 Å². The van der Waals surface area contributed by atoms with Gasteiger partial charge in [0.1, 0.15) is 0 Å². The Hall–Kier alpha value is -0.670. The van der Waals surface area contributed by atoms with E-state index < -0.39 is 5.60 Å². The molecule has 7 atom stereocenters. The van der Waals surface area contributed by atoms with Crippen LogP contribution in [-0.4, -0.2) is 27.7 Å². The molecule has 0 amide bonds. The first-order chi connectivity index (χ1) is 10.9. The van der Waals surface area contributed by atoms with Gasteiger partial charge in [-0.15, -0.1) is 0 Å². The van der Waals surface area contributed by atoms with Gasteiger partial charge >= 0.3 is 0 Å². The zero-order valence-electron chi connectivity index (χ0n) is 14.4. The zero-order valence-corrected chi connectivity index (χ0v) is 14.4. The third kappa shape index (κ3) is 2.12. The van der Waals surface area contributed by atoms with Crippen LogP contribution in [0.25, 0.3) is 0 Å². The van der Waals surface area contributed by atoms with E-state index in [-0.39, 0.29) is 23.2 Å². The summed E-state index contributed by atoms with van der Waals surface area (Å²) in [5.74, 6) is 1.97. The number of carbonyl (C=O) groups excluding carboxylic acids is 1. The van der Waals surface area contributed by atoms with Gasteiger partial charge in [-0.2, -0.15) is 0 Å². The normalized spacial score (nSPS) is 52.4. The van der Waals surface area contributed by atoms with Crippen molar-refractivity contribution in [2.75, 3.05) is 0 Å².